The molecule has 0 aliphatic carbocycles. The smallest absolute Gasteiger partial charge is 0.261 e. The molecule has 1 saturated heterocycles. The van der Waals surface area contributed by atoms with Gasteiger partial charge in [-0.05, 0) is 64.4 Å². The molecule has 1 heterocycles. The van der Waals surface area contributed by atoms with Gasteiger partial charge in [-0.2, -0.15) is 0 Å². The van der Waals surface area contributed by atoms with Crippen LogP contribution < -0.4 is 10.4 Å². The van der Waals surface area contributed by atoms with Gasteiger partial charge in [0.15, 0.2) is 0 Å². The minimum Gasteiger partial charge on any atom is -0.407 e. The second-order valence-corrected chi connectivity index (χ2v) is 17.7. The van der Waals surface area contributed by atoms with Gasteiger partial charge in [0.05, 0.1) is 4.58 Å². The SMILES string of the molecule is CC(CCC1SCCCS1)CC(C)CO[Si](c1ccccc1)(c1ccccc1)C(C)(C)C. The average molecular weight is 487 g/mol. The Hall–Kier alpha value is -0.683. The third-order valence-corrected chi connectivity index (χ3v) is 14.7. The number of hydrogen-bond donors (Lipinski definition) is 0. The van der Waals surface area contributed by atoms with E-state index in [0.717, 1.165) is 17.1 Å². The van der Waals surface area contributed by atoms with Gasteiger partial charge in [-0.3, -0.25) is 0 Å². The molecule has 0 N–H and O–H groups in total. The summed E-state index contributed by atoms with van der Waals surface area (Å²) in [5.74, 6) is 4.04. The first kappa shape index (κ1) is 25.9. The zero-order valence-electron chi connectivity index (χ0n) is 20.7. The van der Waals surface area contributed by atoms with E-state index in [1.165, 1.54) is 47.6 Å². The van der Waals surface area contributed by atoms with Crippen LogP contribution in [0.2, 0.25) is 5.04 Å². The van der Waals surface area contributed by atoms with Gasteiger partial charge in [-0.25, -0.2) is 0 Å². The first-order valence-electron chi connectivity index (χ1n) is 12.3. The van der Waals surface area contributed by atoms with Gasteiger partial charge < -0.3 is 4.43 Å². The fourth-order valence-electron chi connectivity index (χ4n) is 5.03. The molecule has 0 amide bonds. The maximum atomic E-state index is 7.15. The Labute approximate surface area is 206 Å². The minimum absolute atomic E-state index is 0.0521. The average Bonchev–Trinajstić information content (AvgIpc) is 2.79. The second kappa shape index (κ2) is 12.1. The fourth-order valence-corrected chi connectivity index (χ4v) is 12.6. The normalized spacial score (nSPS) is 17.8. The summed E-state index contributed by atoms with van der Waals surface area (Å²) in [5, 5.41) is 2.81. The third kappa shape index (κ3) is 6.68. The molecule has 0 aromatic heterocycles. The first-order valence-corrected chi connectivity index (χ1v) is 16.3. The lowest BCUT2D eigenvalue weighted by Gasteiger charge is -2.43. The van der Waals surface area contributed by atoms with Gasteiger partial charge in [-0.15, -0.1) is 23.5 Å². The maximum absolute atomic E-state index is 7.15. The lowest BCUT2D eigenvalue weighted by molar-refractivity contribution is 0.220. The summed E-state index contributed by atoms with van der Waals surface area (Å²) in [5.41, 5.74) is 0. The molecule has 2 aromatic rings. The highest BCUT2D eigenvalue weighted by Crippen LogP contribution is 2.38. The van der Waals surface area contributed by atoms with Crippen LogP contribution in [0.4, 0.5) is 0 Å². The summed E-state index contributed by atoms with van der Waals surface area (Å²) in [6, 6.07) is 22.1. The molecule has 0 saturated carbocycles. The van der Waals surface area contributed by atoms with E-state index in [1.54, 1.807) is 0 Å². The van der Waals surface area contributed by atoms with E-state index in [0.29, 0.717) is 5.92 Å². The molecule has 2 atom stereocenters. The van der Waals surface area contributed by atoms with Crippen LogP contribution >= 0.6 is 23.5 Å². The van der Waals surface area contributed by atoms with E-state index in [-0.39, 0.29) is 5.04 Å². The van der Waals surface area contributed by atoms with Gasteiger partial charge in [0, 0.05) is 6.61 Å². The molecule has 1 fully saturated rings. The number of rotatable bonds is 10. The van der Waals surface area contributed by atoms with Crippen LogP contribution in [0.5, 0.6) is 0 Å². The van der Waals surface area contributed by atoms with Crippen LogP contribution in [0, 0.1) is 11.8 Å². The van der Waals surface area contributed by atoms with Crippen LogP contribution in [0.3, 0.4) is 0 Å². The van der Waals surface area contributed by atoms with Crippen LogP contribution in [-0.4, -0.2) is 31.0 Å². The Morgan fingerprint density at radius 2 is 1.41 bits per heavy atom. The van der Waals surface area contributed by atoms with Crippen molar-refractivity contribution in [3.05, 3.63) is 60.7 Å². The van der Waals surface area contributed by atoms with Crippen molar-refractivity contribution in [2.24, 2.45) is 11.8 Å². The fraction of sp³-hybridized carbons (Fsp3) is 0.571. The molecule has 32 heavy (non-hydrogen) atoms. The molecular formula is C28H42OS2Si. The molecule has 2 unspecified atom stereocenters. The first-order chi connectivity index (χ1) is 15.3. The van der Waals surface area contributed by atoms with E-state index in [2.05, 4.69) is 119 Å². The van der Waals surface area contributed by atoms with E-state index in [1.807, 2.05) is 0 Å². The summed E-state index contributed by atoms with van der Waals surface area (Å²) < 4.78 is 7.98. The second-order valence-electron chi connectivity index (χ2n) is 10.5. The van der Waals surface area contributed by atoms with Crippen molar-refractivity contribution in [1.29, 1.82) is 0 Å². The molecule has 0 bridgehead atoms. The van der Waals surface area contributed by atoms with Crippen LogP contribution in [0.1, 0.15) is 60.3 Å². The van der Waals surface area contributed by atoms with Crippen LogP contribution in [-0.2, 0) is 4.43 Å². The largest absolute Gasteiger partial charge is 0.407 e. The van der Waals surface area contributed by atoms with Crippen molar-refractivity contribution in [3.8, 4) is 0 Å². The van der Waals surface area contributed by atoms with E-state index in [4.69, 9.17) is 4.43 Å². The van der Waals surface area contributed by atoms with Crippen molar-refractivity contribution in [2.75, 3.05) is 18.1 Å². The predicted molar refractivity (Wildman–Crippen MR) is 149 cm³/mol. The van der Waals surface area contributed by atoms with Crippen LogP contribution in [0.15, 0.2) is 60.7 Å². The lowest BCUT2D eigenvalue weighted by Crippen LogP contribution is -2.66. The molecule has 0 radical (unpaired) electrons. The summed E-state index contributed by atoms with van der Waals surface area (Å²) in [6.07, 6.45) is 5.34. The zero-order chi connectivity index (χ0) is 23.0. The standard InChI is InChI=1S/C28H42OS2Si/c1-23(17-18-27-30-19-12-20-31-27)21-24(2)22-29-32(28(3,4)5,25-13-8-6-9-14-25)26-15-10-7-11-16-26/h6-11,13-16,23-24,27H,12,17-22H2,1-5H3. The highest BCUT2D eigenvalue weighted by atomic mass is 32.2. The number of thioether (sulfide) groups is 2. The Morgan fingerprint density at radius 3 is 1.91 bits per heavy atom. The van der Waals surface area contributed by atoms with Gasteiger partial charge in [0.25, 0.3) is 8.32 Å². The van der Waals surface area contributed by atoms with Crippen molar-refractivity contribution in [3.63, 3.8) is 0 Å². The van der Waals surface area contributed by atoms with Gasteiger partial charge in [0.2, 0.25) is 0 Å². The van der Waals surface area contributed by atoms with Crippen LogP contribution in [0.25, 0.3) is 0 Å². The molecule has 1 nitrogen and oxygen atoms in total. The Balaban J connectivity index is 1.70. The maximum Gasteiger partial charge on any atom is 0.261 e. The summed E-state index contributed by atoms with van der Waals surface area (Å²) in [4.78, 5) is 0. The van der Waals surface area contributed by atoms with Crippen molar-refractivity contribution in [2.45, 2.75) is 69.9 Å². The molecule has 176 valence electrons. The van der Waals surface area contributed by atoms with Gasteiger partial charge in [0.1, 0.15) is 0 Å². The Bertz CT molecular complexity index is 745. The Morgan fingerprint density at radius 1 is 0.875 bits per heavy atom. The summed E-state index contributed by atoms with van der Waals surface area (Å²) >= 11 is 4.36. The van der Waals surface area contributed by atoms with Crippen molar-refractivity contribution < 1.29 is 4.43 Å². The van der Waals surface area contributed by atoms with Gasteiger partial charge in [-0.1, -0.05) is 95.3 Å². The molecule has 1 aliphatic heterocycles. The van der Waals surface area contributed by atoms with E-state index in [9.17, 15) is 0 Å². The number of benzene rings is 2. The Kier molecular flexibility index (Phi) is 9.84. The quantitative estimate of drug-likeness (QED) is 0.329. The van der Waals surface area contributed by atoms with Gasteiger partial charge >= 0.3 is 0 Å². The molecule has 0 spiro atoms. The summed E-state index contributed by atoms with van der Waals surface area (Å²) in [7, 11) is -2.42. The topological polar surface area (TPSA) is 9.23 Å². The summed E-state index contributed by atoms with van der Waals surface area (Å²) in [6.45, 7) is 12.8. The van der Waals surface area contributed by atoms with E-state index >= 15 is 0 Å². The third-order valence-electron chi connectivity index (χ3n) is 6.60. The lowest BCUT2D eigenvalue weighted by atomic mass is 9.94. The van der Waals surface area contributed by atoms with E-state index < -0.39 is 8.32 Å². The highest BCUT2D eigenvalue weighted by molar-refractivity contribution is 8.17. The highest BCUT2D eigenvalue weighted by Gasteiger charge is 2.50. The van der Waals surface area contributed by atoms with Crippen molar-refractivity contribution in [1.82, 2.24) is 0 Å². The predicted octanol–water partition coefficient (Wildman–Crippen LogP) is 7.20. The number of hydrogen-bond acceptors (Lipinski definition) is 3. The monoisotopic (exact) mass is 486 g/mol. The molecule has 1 aliphatic rings. The molecule has 4 heteroatoms. The molecule has 3 rings (SSSR count). The molecule has 2 aromatic carbocycles. The molecular weight excluding hydrogens is 445 g/mol. The van der Waals surface area contributed by atoms with Crippen molar-refractivity contribution >= 4 is 42.2 Å². The zero-order valence-corrected chi connectivity index (χ0v) is 23.3. The minimum atomic E-state index is -2.42.